The molecule has 3 amide bonds. The van der Waals surface area contributed by atoms with Crippen LogP contribution in [0.15, 0.2) is 97.1 Å². The van der Waals surface area contributed by atoms with Gasteiger partial charge in [-0.2, -0.15) is 13.2 Å². The number of nitrogens with one attached hydrogen (secondary N) is 2. The summed E-state index contributed by atoms with van der Waals surface area (Å²) in [6, 6.07) is 28.4. The van der Waals surface area contributed by atoms with Crippen molar-refractivity contribution in [2.24, 2.45) is 0 Å². The number of nitrogens with zero attached hydrogens (tertiary/aromatic N) is 1. The molecule has 4 aromatic rings. The number of halogens is 3. The van der Waals surface area contributed by atoms with Gasteiger partial charge in [0.2, 0.25) is 11.8 Å². The van der Waals surface area contributed by atoms with Crippen LogP contribution in [0.4, 0.5) is 13.2 Å². The van der Waals surface area contributed by atoms with Gasteiger partial charge in [-0.05, 0) is 84.4 Å². The highest BCUT2D eigenvalue weighted by Gasteiger charge is 2.39. The number of rotatable bonds is 10. The zero-order valence-corrected chi connectivity index (χ0v) is 26.3. The second-order valence-corrected chi connectivity index (χ2v) is 12.1. The zero-order chi connectivity index (χ0) is 33.7. The maximum atomic E-state index is 13.5. The minimum atomic E-state index is -4.55. The van der Waals surface area contributed by atoms with Crippen LogP contribution in [0.1, 0.15) is 71.1 Å². The fourth-order valence-electron chi connectivity index (χ4n) is 6.79. The molecule has 0 spiro atoms. The molecule has 10 heteroatoms. The van der Waals surface area contributed by atoms with Crippen molar-refractivity contribution in [1.82, 2.24) is 15.5 Å². The van der Waals surface area contributed by atoms with E-state index in [1.807, 2.05) is 48.5 Å². The maximum absolute atomic E-state index is 13.5. The fourth-order valence-corrected chi connectivity index (χ4v) is 6.79. The molecular weight excluding hydrogens is 619 g/mol. The number of hydrogen-bond donors (Lipinski definition) is 2. The van der Waals surface area contributed by atoms with Gasteiger partial charge in [0.1, 0.15) is 18.0 Å². The Morgan fingerprint density at radius 2 is 1.50 bits per heavy atom. The fraction of sp³-hybridized carbons (Fsp3) is 0.289. The highest BCUT2D eigenvalue weighted by atomic mass is 19.4. The smallest absolute Gasteiger partial charge is 0.405 e. The lowest BCUT2D eigenvalue weighted by Gasteiger charge is -2.36. The summed E-state index contributed by atoms with van der Waals surface area (Å²) in [5.41, 5.74) is 3.94. The summed E-state index contributed by atoms with van der Waals surface area (Å²) in [7, 11) is 0. The van der Waals surface area contributed by atoms with Crippen LogP contribution in [0.3, 0.4) is 0 Å². The van der Waals surface area contributed by atoms with E-state index < -0.39 is 36.4 Å². The van der Waals surface area contributed by atoms with Crippen LogP contribution in [-0.2, 0) is 9.59 Å². The predicted molar refractivity (Wildman–Crippen MR) is 176 cm³/mol. The van der Waals surface area contributed by atoms with Crippen molar-refractivity contribution in [1.29, 1.82) is 0 Å². The molecule has 0 saturated carbocycles. The average molecular weight is 656 g/mol. The maximum Gasteiger partial charge on any atom is 0.405 e. The Kier molecular flexibility index (Phi) is 9.91. The van der Waals surface area contributed by atoms with Crippen LogP contribution in [-0.4, -0.2) is 48.4 Å². The molecule has 0 radical (unpaired) electrons. The molecule has 1 aliphatic heterocycles. The van der Waals surface area contributed by atoms with Crippen molar-refractivity contribution >= 4 is 17.7 Å². The number of carbonyl (C=O) groups is 3. The summed E-state index contributed by atoms with van der Waals surface area (Å²) in [6.45, 7) is 0.124. The number of fused-ring (bicyclic) bond motifs is 3. The Morgan fingerprint density at radius 1 is 0.812 bits per heavy atom. The first-order valence-electron chi connectivity index (χ1n) is 16.2. The molecule has 4 aromatic carbocycles. The number of para-hydroxylation sites is 2. The molecule has 2 unspecified atom stereocenters. The average Bonchev–Trinajstić information content (AvgIpc) is 3.43. The molecule has 2 N–H and O–H groups in total. The van der Waals surface area contributed by atoms with Gasteiger partial charge in [0.05, 0.1) is 11.5 Å². The minimum Gasteiger partial charge on any atom is -0.457 e. The van der Waals surface area contributed by atoms with Gasteiger partial charge in [0.15, 0.2) is 0 Å². The van der Waals surface area contributed by atoms with Crippen molar-refractivity contribution in [3.63, 3.8) is 0 Å². The highest BCUT2D eigenvalue weighted by molar-refractivity contribution is 6.06. The lowest BCUT2D eigenvalue weighted by Crippen LogP contribution is -2.38. The topological polar surface area (TPSA) is 87.7 Å². The Labute approximate surface area is 277 Å². The number of carbonyl (C=O) groups excluding carboxylic acids is 3. The molecule has 2 atom stereocenters. The first-order valence-corrected chi connectivity index (χ1v) is 16.2. The number of ether oxygens (including phenoxy) is 1. The van der Waals surface area contributed by atoms with Crippen LogP contribution in [0.2, 0.25) is 0 Å². The molecule has 48 heavy (non-hydrogen) atoms. The van der Waals surface area contributed by atoms with Crippen LogP contribution >= 0.6 is 0 Å². The van der Waals surface area contributed by atoms with E-state index in [4.69, 9.17) is 4.74 Å². The van der Waals surface area contributed by atoms with Crippen molar-refractivity contribution in [2.75, 3.05) is 19.6 Å². The molecule has 2 aliphatic rings. The molecule has 1 heterocycles. The molecule has 0 bridgehead atoms. The molecule has 6 rings (SSSR count). The van der Waals surface area contributed by atoms with Gasteiger partial charge >= 0.3 is 6.18 Å². The normalized spacial score (nSPS) is 16.4. The van der Waals surface area contributed by atoms with Gasteiger partial charge in [-0.25, -0.2) is 0 Å². The Morgan fingerprint density at radius 3 is 2.27 bits per heavy atom. The van der Waals surface area contributed by atoms with Crippen LogP contribution in [0.25, 0.3) is 11.1 Å². The van der Waals surface area contributed by atoms with E-state index in [2.05, 4.69) is 15.5 Å². The molecule has 248 valence electrons. The SMILES string of the molecule is O=C(CCC(c1cccc2c1C(C(=O)NCC(F)(F)F)c1ccccc1-2)N1CCCCC1)NC(=O)c1ccccc1Oc1ccccc1. The molecular formula is C38H36F3N3O4. The van der Waals surface area contributed by atoms with Crippen molar-refractivity contribution < 1.29 is 32.3 Å². The number of piperidine rings is 1. The molecule has 1 aliphatic carbocycles. The molecule has 1 saturated heterocycles. The van der Waals surface area contributed by atoms with Gasteiger partial charge in [-0.1, -0.05) is 79.2 Å². The van der Waals surface area contributed by atoms with Crippen LogP contribution in [0.5, 0.6) is 11.5 Å². The lowest BCUT2D eigenvalue weighted by atomic mass is 9.86. The van der Waals surface area contributed by atoms with Gasteiger partial charge in [0, 0.05) is 12.5 Å². The van der Waals surface area contributed by atoms with E-state index >= 15 is 0 Å². The Bertz CT molecular complexity index is 1790. The summed E-state index contributed by atoms with van der Waals surface area (Å²) < 4.78 is 45.4. The monoisotopic (exact) mass is 655 g/mol. The summed E-state index contributed by atoms with van der Waals surface area (Å²) in [5.74, 6) is -1.84. The number of alkyl halides is 3. The zero-order valence-electron chi connectivity index (χ0n) is 26.3. The highest BCUT2D eigenvalue weighted by Crippen LogP contribution is 2.49. The van der Waals surface area contributed by atoms with Crippen molar-refractivity contribution in [3.05, 3.63) is 119 Å². The van der Waals surface area contributed by atoms with Crippen molar-refractivity contribution in [3.8, 4) is 22.6 Å². The van der Waals surface area contributed by atoms with E-state index in [0.29, 0.717) is 29.0 Å². The van der Waals surface area contributed by atoms with Crippen LogP contribution in [0, 0.1) is 0 Å². The summed E-state index contributed by atoms with van der Waals surface area (Å²) >= 11 is 0. The number of likely N-dealkylation sites (tertiary alicyclic amines) is 1. The first kappa shape index (κ1) is 33.0. The largest absolute Gasteiger partial charge is 0.457 e. The molecule has 0 aromatic heterocycles. The van der Waals surface area contributed by atoms with E-state index in [9.17, 15) is 27.6 Å². The third kappa shape index (κ3) is 7.44. The standard InChI is InChI=1S/C38H36F3N3O4/c39-38(40,41)24-42-37(47)35-28-15-6-5-14-26(28)27-17-11-18-29(34(27)35)31(44-22-9-2-10-23-44)20-21-33(45)43-36(46)30-16-7-8-19-32(30)48-25-12-3-1-4-13-25/h1,3-8,11-19,31,35H,2,9-10,20-24H2,(H,42,47)(H,43,45,46). The van der Waals surface area contributed by atoms with Crippen molar-refractivity contribution in [2.45, 2.75) is 50.2 Å². The summed E-state index contributed by atoms with van der Waals surface area (Å²) in [4.78, 5) is 42.4. The third-order valence-corrected chi connectivity index (χ3v) is 8.91. The molecule has 7 nitrogen and oxygen atoms in total. The predicted octanol–water partition coefficient (Wildman–Crippen LogP) is 7.53. The second kappa shape index (κ2) is 14.4. The van der Waals surface area contributed by atoms with E-state index in [1.165, 1.54) is 0 Å². The first-order chi connectivity index (χ1) is 23.2. The Balaban J connectivity index is 1.25. The number of amides is 3. The summed E-state index contributed by atoms with van der Waals surface area (Å²) in [6.07, 6.45) is -1.20. The lowest BCUT2D eigenvalue weighted by molar-refractivity contribution is -0.138. The van der Waals surface area contributed by atoms with Crippen LogP contribution < -0.4 is 15.4 Å². The third-order valence-electron chi connectivity index (χ3n) is 8.91. The second-order valence-electron chi connectivity index (χ2n) is 12.1. The Hall–Kier alpha value is -4.96. The number of hydrogen-bond acceptors (Lipinski definition) is 5. The molecule has 1 fully saturated rings. The van der Waals surface area contributed by atoms with Gasteiger partial charge in [-0.15, -0.1) is 0 Å². The van der Waals surface area contributed by atoms with Gasteiger partial charge < -0.3 is 10.1 Å². The number of benzene rings is 4. The van der Waals surface area contributed by atoms with E-state index in [-0.39, 0.29) is 18.0 Å². The van der Waals surface area contributed by atoms with E-state index in [0.717, 1.165) is 49.0 Å². The summed E-state index contributed by atoms with van der Waals surface area (Å²) in [5, 5.41) is 4.62. The van der Waals surface area contributed by atoms with Gasteiger partial charge in [-0.3, -0.25) is 24.6 Å². The minimum absolute atomic E-state index is 0.0101. The van der Waals surface area contributed by atoms with E-state index in [1.54, 1.807) is 48.5 Å². The van der Waals surface area contributed by atoms with Gasteiger partial charge in [0.25, 0.3) is 5.91 Å². The number of imide groups is 1. The quantitative estimate of drug-likeness (QED) is 0.185.